The van der Waals surface area contributed by atoms with Crippen LogP contribution >= 0.6 is 11.9 Å². The van der Waals surface area contributed by atoms with Crippen LogP contribution in [-0.4, -0.2) is 35.2 Å². The van der Waals surface area contributed by atoms with E-state index >= 15 is 0 Å². The van der Waals surface area contributed by atoms with Gasteiger partial charge in [0.1, 0.15) is 12.4 Å². The van der Waals surface area contributed by atoms with Crippen LogP contribution in [0, 0.1) is 0 Å². The predicted octanol–water partition coefficient (Wildman–Crippen LogP) is 5.27. The molecule has 0 spiro atoms. The average molecular weight is 352 g/mol. The highest BCUT2D eigenvalue weighted by atomic mass is 32.2. The van der Waals surface area contributed by atoms with Gasteiger partial charge in [0.25, 0.3) is 0 Å². The summed E-state index contributed by atoms with van der Waals surface area (Å²) in [6.07, 6.45) is 10.3. The molecule has 1 atom stereocenters. The molecule has 1 aromatic rings. The molecule has 0 fully saturated rings. The van der Waals surface area contributed by atoms with Crippen LogP contribution in [0.25, 0.3) is 0 Å². The first-order chi connectivity index (χ1) is 11.7. The Balaban J connectivity index is 0.000000243. The lowest BCUT2D eigenvalue weighted by molar-refractivity contribution is 0.123. The van der Waals surface area contributed by atoms with Gasteiger partial charge in [-0.05, 0) is 30.9 Å². The van der Waals surface area contributed by atoms with Gasteiger partial charge >= 0.3 is 0 Å². The molecule has 0 saturated carbocycles. The Hall–Kier alpha value is -0.970. The van der Waals surface area contributed by atoms with Crippen molar-refractivity contribution in [2.45, 2.75) is 58.5 Å². The zero-order valence-corrected chi connectivity index (χ0v) is 16.0. The second kappa shape index (κ2) is 14.4. The smallest absolute Gasteiger partial charge is 0.119 e. The molecule has 1 aromatic carbocycles. The van der Waals surface area contributed by atoms with Gasteiger partial charge in [-0.25, -0.2) is 4.31 Å². The summed E-state index contributed by atoms with van der Waals surface area (Å²) in [7, 11) is 0. The molecule has 0 bridgehead atoms. The summed E-state index contributed by atoms with van der Waals surface area (Å²) < 4.78 is 7.65. The van der Waals surface area contributed by atoms with Crippen LogP contribution in [0.3, 0.4) is 0 Å². The van der Waals surface area contributed by atoms with Crippen LogP contribution in [-0.2, 0) is 0 Å². The zero-order chi connectivity index (χ0) is 17.5. The first kappa shape index (κ1) is 21.1. The lowest BCUT2D eigenvalue weighted by atomic mass is 10.1. The molecular formula is C20H33NO2S. The van der Waals surface area contributed by atoms with Gasteiger partial charge in [-0.1, -0.05) is 75.3 Å². The van der Waals surface area contributed by atoms with Crippen LogP contribution in [0.5, 0.6) is 5.75 Å². The maximum absolute atomic E-state index is 8.89. The number of para-hydroxylation sites is 1. The maximum atomic E-state index is 8.89. The van der Waals surface area contributed by atoms with E-state index in [1.807, 2.05) is 42.3 Å². The molecule has 0 saturated heterocycles. The average Bonchev–Trinajstić information content (AvgIpc) is 3.11. The molecule has 1 aliphatic rings. The predicted molar refractivity (Wildman–Crippen MR) is 105 cm³/mol. The quantitative estimate of drug-likeness (QED) is 0.460. The number of unbranched alkanes of at least 4 members (excludes halogenated alkanes) is 5. The Morgan fingerprint density at radius 2 is 1.83 bits per heavy atom. The SMILES string of the molecule is CC(O)COc1ccccc1.CCCCCCCCN1CC=CS1. The van der Waals surface area contributed by atoms with E-state index in [1.165, 1.54) is 45.1 Å². The van der Waals surface area contributed by atoms with Crippen LogP contribution < -0.4 is 4.74 Å². The van der Waals surface area contributed by atoms with Crippen molar-refractivity contribution < 1.29 is 9.84 Å². The van der Waals surface area contributed by atoms with E-state index in [0.29, 0.717) is 6.61 Å². The van der Waals surface area contributed by atoms with Crippen molar-refractivity contribution in [2.75, 3.05) is 19.7 Å². The van der Waals surface area contributed by atoms with Crippen molar-refractivity contribution in [3.8, 4) is 5.75 Å². The molecule has 136 valence electrons. The van der Waals surface area contributed by atoms with Crippen molar-refractivity contribution in [3.63, 3.8) is 0 Å². The number of benzene rings is 1. The fourth-order valence-corrected chi connectivity index (χ4v) is 3.03. The first-order valence-corrected chi connectivity index (χ1v) is 9.98. The molecule has 4 heteroatoms. The molecule has 2 rings (SSSR count). The van der Waals surface area contributed by atoms with Crippen molar-refractivity contribution in [2.24, 2.45) is 0 Å². The van der Waals surface area contributed by atoms with Crippen LogP contribution in [0.1, 0.15) is 52.4 Å². The third kappa shape index (κ3) is 11.5. The highest BCUT2D eigenvalue weighted by Crippen LogP contribution is 2.18. The summed E-state index contributed by atoms with van der Waals surface area (Å²) in [6.45, 7) is 6.74. The van der Waals surface area contributed by atoms with Gasteiger partial charge in [0.15, 0.2) is 0 Å². The Kier molecular flexibility index (Phi) is 12.6. The van der Waals surface area contributed by atoms with Crippen LogP contribution in [0.2, 0.25) is 0 Å². The number of aliphatic hydroxyl groups is 1. The summed E-state index contributed by atoms with van der Waals surface area (Å²) in [5.74, 6) is 0.799. The number of aliphatic hydroxyl groups excluding tert-OH is 1. The van der Waals surface area contributed by atoms with Gasteiger partial charge in [-0.3, -0.25) is 0 Å². The molecular weight excluding hydrogens is 318 g/mol. The zero-order valence-electron chi connectivity index (χ0n) is 15.2. The summed E-state index contributed by atoms with van der Waals surface area (Å²) in [5, 5.41) is 11.1. The fraction of sp³-hybridized carbons (Fsp3) is 0.600. The standard InChI is InChI=1S/C11H21NS.C9H12O2/c1-2-3-4-5-6-7-9-12-10-8-11-13-12;1-8(10)7-11-9-5-3-2-4-6-9/h8,11H,2-7,9-10H2,1H3;2-6,8,10H,7H2,1H3. The van der Waals surface area contributed by atoms with Gasteiger partial charge in [-0.15, -0.1) is 0 Å². The van der Waals surface area contributed by atoms with Crippen molar-refractivity contribution in [1.82, 2.24) is 4.31 Å². The molecule has 3 nitrogen and oxygen atoms in total. The minimum Gasteiger partial charge on any atom is -0.491 e. The topological polar surface area (TPSA) is 32.7 Å². The second-order valence-electron chi connectivity index (χ2n) is 6.11. The van der Waals surface area contributed by atoms with E-state index in [0.717, 1.165) is 12.3 Å². The van der Waals surface area contributed by atoms with Gasteiger partial charge in [-0.2, -0.15) is 0 Å². The van der Waals surface area contributed by atoms with E-state index < -0.39 is 6.10 Å². The molecule has 0 amide bonds. The van der Waals surface area contributed by atoms with E-state index in [4.69, 9.17) is 9.84 Å². The Bertz CT molecular complexity index is 415. The normalized spacial score (nSPS) is 15.0. The molecule has 0 aliphatic carbocycles. The summed E-state index contributed by atoms with van der Waals surface area (Å²) >= 11 is 1.86. The Labute approximate surface area is 152 Å². The number of ether oxygens (including phenoxy) is 1. The summed E-state index contributed by atoms with van der Waals surface area (Å²) in [6, 6.07) is 9.45. The van der Waals surface area contributed by atoms with Crippen molar-refractivity contribution in [3.05, 3.63) is 41.8 Å². The molecule has 24 heavy (non-hydrogen) atoms. The van der Waals surface area contributed by atoms with Gasteiger partial charge in [0.2, 0.25) is 0 Å². The minimum atomic E-state index is -0.407. The van der Waals surface area contributed by atoms with E-state index in [1.54, 1.807) is 6.92 Å². The van der Waals surface area contributed by atoms with Crippen LogP contribution in [0.4, 0.5) is 0 Å². The van der Waals surface area contributed by atoms with Gasteiger partial charge in [0.05, 0.1) is 6.10 Å². The Morgan fingerprint density at radius 1 is 1.12 bits per heavy atom. The minimum absolute atomic E-state index is 0.351. The molecule has 0 aromatic heterocycles. The van der Waals surface area contributed by atoms with Gasteiger partial charge in [0, 0.05) is 13.1 Å². The second-order valence-corrected chi connectivity index (χ2v) is 7.11. The number of nitrogens with zero attached hydrogens (tertiary/aromatic N) is 1. The van der Waals surface area contributed by atoms with E-state index in [2.05, 4.69) is 22.7 Å². The third-order valence-electron chi connectivity index (χ3n) is 3.61. The van der Waals surface area contributed by atoms with Crippen LogP contribution in [0.15, 0.2) is 41.8 Å². The number of rotatable bonds is 10. The summed E-state index contributed by atoms with van der Waals surface area (Å²) in [4.78, 5) is 0. The maximum Gasteiger partial charge on any atom is 0.119 e. The monoisotopic (exact) mass is 351 g/mol. The first-order valence-electron chi connectivity index (χ1n) is 9.15. The fourth-order valence-electron chi connectivity index (χ4n) is 2.28. The highest BCUT2D eigenvalue weighted by molar-refractivity contribution is 8.00. The molecule has 1 aliphatic heterocycles. The lowest BCUT2D eigenvalue weighted by Crippen LogP contribution is -2.12. The molecule has 1 unspecified atom stereocenters. The number of hydrogen-bond donors (Lipinski definition) is 1. The van der Waals surface area contributed by atoms with E-state index in [9.17, 15) is 0 Å². The van der Waals surface area contributed by atoms with E-state index in [-0.39, 0.29) is 0 Å². The largest absolute Gasteiger partial charge is 0.491 e. The van der Waals surface area contributed by atoms with Crippen molar-refractivity contribution in [1.29, 1.82) is 0 Å². The number of hydrogen-bond acceptors (Lipinski definition) is 4. The third-order valence-corrected chi connectivity index (χ3v) is 4.55. The van der Waals surface area contributed by atoms with Crippen molar-refractivity contribution >= 4 is 11.9 Å². The van der Waals surface area contributed by atoms with Gasteiger partial charge < -0.3 is 9.84 Å². The molecule has 1 N–H and O–H groups in total. The lowest BCUT2D eigenvalue weighted by Gasteiger charge is -2.12. The summed E-state index contributed by atoms with van der Waals surface area (Å²) in [5.41, 5.74) is 0. The molecule has 0 radical (unpaired) electrons. The Morgan fingerprint density at radius 3 is 2.46 bits per heavy atom. The highest BCUT2D eigenvalue weighted by Gasteiger charge is 2.05. The molecule has 1 heterocycles.